The average molecular weight is 343 g/mol. The number of benzene rings is 1. The summed E-state index contributed by atoms with van der Waals surface area (Å²) in [7, 11) is 0. The number of nitrogens with two attached hydrogens (primary N) is 1. The molecule has 2 N–H and O–H groups in total. The van der Waals surface area contributed by atoms with Gasteiger partial charge in [-0.2, -0.15) is 0 Å². The zero-order chi connectivity index (χ0) is 15.1. The molecule has 0 aliphatic carbocycles. The smallest absolute Gasteiger partial charge is 0.126 e. The lowest BCUT2D eigenvalue weighted by atomic mass is 10.0. The van der Waals surface area contributed by atoms with Gasteiger partial charge in [-0.25, -0.2) is 8.78 Å². The fourth-order valence-electron chi connectivity index (χ4n) is 1.75. The molecule has 20 heavy (non-hydrogen) atoms. The molecule has 5 heteroatoms. The number of nitrogens with zero attached hydrogens (tertiary/aromatic N) is 1. The fraction of sp³-hybridized carbons (Fsp3) is 0.267. The van der Waals surface area contributed by atoms with Crippen molar-refractivity contribution in [3.05, 3.63) is 63.9 Å². The first-order valence-electron chi connectivity index (χ1n) is 6.37. The molecule has 0 fully saturated rings. The lowest BCUT2D eigenvalue weighted by Crippen LogP contribution is -2.15. The summed E-state index contributed by atoms with van der Waals surface area (Å²) >= 11 is 3.35. The van der Waals surface area contributed by atoms with E-state index in [1.54, 1.807) is 12.3 Å². The Bertz CT molecular complexity index is 541. The first-order valence-corrected chi connectivity index (χ1v) is 7.16. The number of rotatable bonds is 3. The van der Waals surface area contributed by atoms with E-state index in [1.807, 2.05) is 19.9 Å². The van der Waals surface area contributed by atoms with E-state index in [1.165, 1.54) is 12.1 Å². The normalized spacial score (nSPS) is 11.5. The maximum absolute atomic E-state index is 13.1. The molecule has 0 bridgehead atoms. The van der Waals surface area contributed by atoms with Crippen molar-refractivity contribution in [2.24, 2.45) is 5.73 Å². The van der Waals surface area contributed by atoms with Crippen LogP contribution in [-0.4, -0.2) is 4.98 Å². The Kier molecular flexibility index (Phi) is 6.75. The third-order valence-corrected chi connectivity index (χ3v) is 3.19. The molecule has 0 aliphatic heterocycles. The summed E-state index contributed by atoms with van der Waals surface area (Å²) in [6.45, 7) is 4.00. The van der Waals surface area contributed by atoms with Crippen LogP contribution in [0.3, 0.4) is 0 Å². The molecule has 1 heterocycles. The zero-order valence-corrected chi connectivity index (χ0v) is 13.0. The Hall–Kier alpha value is -1.33. The van der Waals surface area contributed by atoms with Gasteiger partial charge in [0, 0.05) is 16.7 Å². The van der Waals surface area contributed by atoms with E-state index < -0.39 is 17.7 Å². The molecule has 0 amide bonds. The van der Waals surface area contributed by atoms with Gasteiger partial charge in [-0.3, -0.25) is 4.98 Å². The van der Waals surface area contributed by atoms with Crippen molar-refractivity contribution in [2.75, 3.05) is 0 Å². The van der Waals surface area contributed by atoms with Crippen molar-refractivity contribution in [3.63, 3.8) is 0 Å². The van der Waals surface area contributed by atoms with Gasteiger partial charge in [-0.15, -0.1) is 0 Å². The van der Waals surface area contributed by atoms with Gasteiger partial charge >= 0.3 is 0 Å². The van der Waals surface area contributed by atoms with Crippen molar-refractivity contribution in [2.45, 2.75) is 26.3 Å². The number of hydrogen-bond acceptors (Lipinski definition) is 2. The highest BCUT2D eigenvalue weighted by molar-refractivity contribution is 9.10. The predicted octanol–water partition coefficient (Wildman–Crippen LogP) is 4.39. The van der Waals surface area contributed by atoms with Gasteiger partial charge in [0.05, 0.1) is 11.7 Å². The minimum absolute atomic E-state index is 0.324. The molecule has 1 atom stereocenters. The van der Waals surface area contributed by atoms with Gasteiger partial charge in [0.1, 0.15) is 11.6 Å². The molecule has 2 aromatic rings. The highest BCUT2D eigenvalue weighted by atomic mass is 79.9. The third-order valence-electron chi connectivity index (χ3n) is 2.52. The van der Waals surface area contributed by atoms with E-state index in [2.05, 4.69) is 20.9 Å². The average Bonchev–Trinajstić information content (AvgIpc) is 2.40. The molecule has 0 saturated carbocycles. The topological polar surface area (TPSA) is 38.9 Å². The second kappa shape index (κ2) is 8.07. The first kappa shape index (κ1) is 16.7. The van der Waals surface area contributed by atoms with Crippen molar-refractivity contribution in [1.82, 2.24) is 4.98 Å². The SMILES string of the molecule is CC.NC(Cc1cc(F)cc(F)c1)c1ncccc1Br. The summed E-state index contributed by atoms with van der Waals surface area (Å²) in [5.41, 5.74) is 7.17. The van der Waals surface area contributed by atoms with Crippen LogP contribution in [0.4, 0.5) is 8.78 Å². The van der Waals surface area contributed by atoms with Crippen molar-refractivity contribution in [1.29, 1.82) is 0 Å². The summed E-state index contributed by atoms with van der Waals surface area (Å²) in [5, 5.41) is 0. The molecular formula is C15H17BrF2N2. The van der Waals surface area contributed by atoms with Crippen LogP contribution in [0.1, 0.15) is 31.1 Å². The second-order valence-electron chi connectivity index (χ2n) is 3.96. The van der Waals surface area contributed by atoms with Crippen molar-refractivity contribution >= 4 is 15.9 Å². The molecule has 108 valence electrons. The molecule has 0 spiro atoms. The lowest BCUT2D eigenvalue weighted by Gasteiger charge is -2.12. The highest BCUT2D eigenvalue weighted by Crippen LogP contribution is 2.22. The van der Waals surface area contributed by atoms with E-state index in [0.29, 0.717) is 17.7 Å². The van der Waals surface area contributed by atoms with Gasteiger partial charge in [0.25, 0.3) is 0 Å². The molecule has 1 unspecified atom stereocenters. The zero-order valence-electron chi connectivity index (χ0n) is 11.4. The van der Waals surface area contributed by atoms with Crippen LogP contribution in [0.15, 0.2) is 41.0 Å². The quantitative estimate of drug-likeness (QED) is 0.898. The Morgan fingerprint density at radius 3 is 2.35 bits per heavy atom. The van der Waals surface area contributed by atoms with E-state index in [4.69, 9.17) is 5.73 Å². The summed E-state index contributed by atoms with van der Waals surface area (Å²) in [5.74, 6) is -1.20. The molecule has 1 aromatic heterocycles. The third kappa shape index (κ3) is 4.65. The second-order valence-corrected chi connectivity index (χ2v) is 4.81. The Morgan fingerprint density at radius 1 is 1.20 bits per heavy atom. The van der Waals surface area contributed by atoms with Crippen LogP contribution < -0.4 is 5.73 Å². The summed E-state index contributed by atoms with van der Waals surface area (Å²) < 4.78 is 26.9. The van der Waals surface area contributed by atoms with Gasteiger partial charge in [0.2, 0.25) is 0 Å². The maximum atomic E-state index is 13.1. The molecular weight excluding hydrogens is 326 g/mol. The van der Waals surface area contributed by atoms with E-state index in [9.17, 15) is 8.78 Å². The van der Waals surface area contributed by atoms with Gasteiger partial charge < -0.3 is 5.73 Å². The molecule has 2 nitrogen and oxygen atoms in total. The lowest BCUT2D eigenvalue weighted by molar-refractivity contribution is 0.575. The largest absolute Gasteiger partial charge is 0.322 e. The van der Waals surface area contributed by atoms with Crippen molar-refractivity contribution in [3.8, 4) is 0 Å². The van der Waals surface area contributed by atoms with Crippen LogP contribution in [0.25, 0.3) is 0 Å². The molecule has 2 rings (SSSR count). The molecule has 0 radical (unpaired) electrons. The standard InChI is InChI=1S/C13H11BrF2N2.C2H6/c14-11-2-1-3-18-13(11)12(17)6-8-4-9(15)7-10(16)5-8;1-2/h1-5,7,12H,6,17H2;1-2H3. The molecule has 0 saturated heterocycles. The first-order chi connectivity index (χ1) is 9.56. The van der Waals surface area contributed by atoms with Crippen LogP contribution in [0.2, 0.25) is 0 Å². The number of aromatic nitrogens is 1. The Morgan fingerprint density at radius 2 is 1.80 bits per heavy atom. The Balaban J connectivity index is 0.000000956. The van der Waals surface area contributed by atoms with Gasteiger partial charge in [0.15, 0.2) is 0 Å². The minimum atomic E-state index is -0.600. The summed E-state index contributed by atoms with van der Waals surface area (Å²) in [6.07, 6.45) is 1.95. The fourth-order valence-corrected chi connectivity index (χ4v) is 2.30. The highest BCUT2D eigenvalue weighted by Gasteiger charge is 2.13. The molecule has 0 aliphatic rings. The molecule has 1 aromatic carbocycles. The number of halogens is 3. The summed E-state index contributed by atoms with van der Waals surface area (Å²) in [6, 6.07) is 6.59. The van der Waals surface area contributed by atoms with Crippen LogP contribution in [0, 0.1) is 11.6 Å². The Labute approximate surface area is 126 Å². The monoisotopic (exact) mass is 342 g/mol. The van der Waals surface area contributed by atoms with Gasteiger partial charge in [-0.05, 0) is 52.2 Å². The van der Waals surface area contributed by atoms with E-state index in [0.717, 1.165) is 10.5 Å². The summed E-state index contributed by atoms with van der Waals surface area (Å²) in [4.78, 5) is 4.16. The predicted molar refractivity (Wildman–Crippen MR) is 80.3 cm³/mol. The van der Waals surface area contributed by atoms with Crippen molar-refractivity contribution < 1.29 is 8.78 Å². The van der Waals surface area contributed by atoms with Crippen LogP contribution in [-0.2, 0) is 6.42 Å². The maximum Gasteiger partial charge on any atom is 0.126 e. The van der Waals surface area contributed by atoms with Gasteiger partial charge in [-0.1, -0.05) is 13.8 Å². The van der Waals surface area contributed by atoms with Crippen LogP contribution >= 0.6 is 15.9 Å². The van der Waals surface area contributed by atoms with Crippen LogP contribution in [0.5, 0.6) is 0 Å². The number of hydrogen-bond donors (Lipinski definition) is 1. The van der Waals surface area contributed by atoms with E-state index >= 15 is 0 Å². The van der Waals surface area contributed by atoms with E-state index in [-0.39, 0.29) is 0 Å². The number of pyridine rings is 1. The minimum Gasteiger partial charge on any atom is -0.322 e.